The number of nitrogens with one attached hydrogen (secondary N) is 1. The molecular formula is C12H17FIN3O2S. The predicted molar refractivity (Wildman–Crippen MR) is 86.7 cm³/mol. The Morgan fingerprint density at radius 2 is 2.15 bits per heavy atom. The van der Waals surface area contributed by atoms with E-state index in [-0.39, 0.29) is 35.4 Å². The largest absolute Gasteiger partial charge is 0.352 e. The van der Waals surface area contributed by atoms with Crippen LogP contribution < -0.4 is 5.32 Å². The summed E-state index contributed by atoms with van der Waals surface area (Å²) in [5.41, 5.74) is 0.311. The van der Waals surface area contributed by atoms with Crippen molar-refractivity contribution in [3.63, 3.8) is 0 Å². The number of guanidine groups is 1. The number of hydrogen-bond acceptors (Lipinski definition) is 5. The zero-order valence-corrected chi connectivity index (χ0v) is 14.4. The Kier molecular flexibility index (Phi) is 5.75. The molecule has 0 radical (unpaired) electrons. The summed E-state index contributed by atoms with van der Waals surface area (Å²) in [6.45, 7) is 1.75. The third-order valence-electron chi connectivity index (χ3n) is 2.94. The van der Waals surface area contributed by atoms with Crippen molar-refractivity contribution >= 4 is 39.8 Å². The van der Waals surface area contributed by atoms with Crippen LogP contribution in [0, 0.1) is 5.82 Å². The van der Waals surface area contributed by atoms with E-state index in [9.17, 15) is 12.8 Å². The van der Waals surface area contributed by atoms with Crippen molar-refractivity contribution in [1.82, 2.24) is 10.2 Å². The van der Waals surface area contributed by atoms with Crippen LogP contribution in [0.25, 0.3) is 0 Å². The van der Waals surface area contributed by atoms with Crippen molar-refractivity contribution in [2.24, 2.45) is 4.99 Å². The summed E-state index contributed by atoms with van der Waals surface area (Å²) in [6, 6.07) is 3.80. The van der Waals surface area contributed by atoms with Crippen molar-refractivity contribution in [2.75, 3.05) is 26.4 Å². The second-order valence-corrected chi connectivity index (χ2v) is 6.52. The molecule has 0 amide bonds. The predicted octanol–water partition coefficient (Wildman–Crippen LogP) is 1.24. The zero-order valence-electron chi connectivity index (χ0n) is 11.3. The minimum Gasteiger partial charge on any atom is -0.352 e. The molecule has 1 aromatic rings. The van der Waals surface area contributed by atoms with Crippen molar-refractivity contribution in [3.8, 4) is 0 Å². The molecule has 0 aliphatic carbocycles. The molecule has 1 aromatic carbocycles. The van der Waals surface area contributed by atoms with Crippen LogP contribution in [-0.2, 0) is 16.4 Å². The molecule has 20 heavy (non-hydrogen) atoms. The van der Waals surface area contributed by atoms with Crippen LogP contribution in [0.4, 0.5) is 4.39 Å². The van der Waals surface area contributed by atoms with Gasteiger partial charge < -0.3 is 10.2 Å². The monoisotopic (exact) mass is 413 g/mol. The normalized spacial score (nSPS) is 14.8. The molecule has 1 aliphatic heterocycles. The molecule has 0 unspecified atom stereocenters. The zero-order chi connectivity index (χ0) is 14.0. The second-order valence-electron chi connectivity index (χ2n) is 4.51. The van der Waals surface area contributed by atoms with Crippen molar-refractivity contribution < 1.29 is 12.8 Å². The van der Waals surface area contributed by atoms with Crippen LogP contribution in [0.1, 0.15) is 5.56 Å². The van der Waals surface area contributed by atoms with E-state index in [4.69, 9.17) is 0 Å². The molecule has 0 atom stereocenters. The SMILES string of the molecule is CN1CCN=C1NCc1cc(S(C)(=O)=O)ccc1F.I. The first-order chi connectivity index (χ1) is 8.88. The van der Waals surface area contributed by atoms with Gasteiger partial charge in [-0.05, 0) is 18.2 Å². The van der Waals surface area contributed by atoms with Gasteiger partial charge in [0.15, 0.2) is 15.8 Å². The summed E-state index contributed by atoms with van der Waals surface area (Å²) in [6.07, 6.45) is 1.10. The lowest BCUT2D eigenvalue weighted by Gasteiger charge is -2.15. The molecule has 5 nitrogen and oxygen atoms in total. The molecule has 1 aliphatic rings. The van der Waals surface area contributed by atoms with Gasteiger partial charge in [0.2, 0.25) is 0 Å². The number of aliphatic imine (C=N–C) groups is 1. The Balaban J connectivity index is 0.00000200. The lowest BCUT2D eigenvalue weighted by atomic mass is 10.2. The van der Waals surface area contributed by atoms with Crippen LogP contribution >= 0.6 is 24.0 Å². The maximum absolute atomic E-state index is 13.6. The maximum Gasteiger partial charge on any atom is 0.194 e. The summed E-state index contributed by atoms with van der Waals surface area (Å²) >= 11 is 0. The topological polar surface area (TPSA) is 61.8 Å². The molecule has 112 valence electrons. The minimum absolute atomic E-state index is 0. The molecular weight excluding hydrogens is 396 g/mol. The first-order valence-electron chi connectivity index (χ1n) is 5.86. The summed E-state index contributed by atoms with van der Waals surface area (Å²) in [7, 11) is -1.43. The summed E-state index contributed by atoms with van der Waals surface area (Å²) in [4.78, 5) is 6.27. The van der Waals surface area contributed by atoms with E-state index < -0.39 is 15.7 Å². The second kappa shape index (κ2) is 6.70. The maximum atomic E-state index is 13.6. The lowest BCUT2D eigenvalue weighted by molar-refractivity contribution is 0.530. The Bertz CT molecular complexity index is 619. The molecule has 0 fully saturated rings. The number of halogens is 2. The standard InChI is InChI=1S/C12H16FN3O2S.HI/c1-16-6-5-14-12(16)15-8-9-7-10(19(2,17)18)3-4-11(9)13;/h3-4,7H,5-6,8H2,1-2H3,(H,14,15);1H. The van der Waals surface area contributed by atoms with Crippen LogP contribution in [-0.4, -0.2) is 45.7 Å². The average molecular weight is 413 g/mol. The van der Waals surface area contributed by atoms with Gasteiger partial charge in [-0.15, -0.1) is 24.0 Å². The highest BCUT2D eigenvalue weighted by Crippen LogP contribution is 2.15. The third kappa shape index (κ3) is 4.05. The van der Waals surface area contributed by atoms with Gasteiger partial charge in [0, 0.05) is 32.0 Å². The smallest absolute Gasteiger partial charge is 0.194 e. The number of rotatable bonds is 3. The van der Waals surface area contributed by atoms with Gasteiger partial charge in [0.25, 0.3) is 0 Å². The van der Waals surface area contributed by atoms with Crippen LogP contribution in [0.5, 0.6) is 0 Å². The summed E-state index contributed by atoms with van der Waals surface area (Å²) in [5.74, 6) is 0.269. The average Bonchev–Trinajstić information content (AvgIpc) is 2.72. The highest BCUT2D eigenvalue weighted by Gasteiger charge is 2.14. The van der Waals surface area contributed by atoms with E-state index in [1.165, 1.54) is 18.2 Å². The molecule has 1 N–H and O–H groups in total. The molecule has 1 heterocycles. The third-order valence-corrected chi connectivity index (χ3v) is 4.05. The summed E-state index contributed by atoms with van der Waals surface area (Å²) in [5, 5.41) is 3.01. The molecule has 8 heteroatoms. The van der Waals surface area contributed by atoms with Crippen molar-refractivity contribution in [2.45, 2.75) is 11.4 Å². The Morgan fingerprint density at radius 3 is 2.70 bits per heavy atom. The van der Waals surface area contributed by atoms with Gasteiger partial charge in [-0.3, -0.25) is 4.99 Å². The Labute approximate surface area is 135 Å². The lowest BCUT2D eigenvalue weighted by Crippen LogP contribution is -2.35. The van der Waals surface area contributed by atoms with Gasteiger partial charge in [0.1, 0.15) is 5.82 Å². The van der Waals surface area contributed by atoms with E-state index in [0.717, 1.165) is 12.8 Å². The van der Waals surface area contributed by atoms with Gasteiger partial charge in [-0.2, -0.15) is 0 Å². The number of hydrogen-bond donors (Lipinski definition) is 1. The molecule has 0 saturated heterocycles. The van der Waals surface area contributed by atoms with E-state index in [2.05, 4.69) is 10.3 Å². The first kappa shape index (κ1) is 17.2. The van der Waals surface area contributed by atoms with Crippen LogP contribution in [0.2, 0.25) is 0 Å². The van der Waals surface area contributed by atoms with Crippen molar-refractivity contribution in [1.29, 1.82) is 0 Å². The van der Waals surface area contributed by atoms with Gasteiger partial charge >= 0.3 is 0 Å². The van der Waals surface area contributed by atoms with E-state index in [0.29, 0.717) is 18.1 Å². The first-order valence-corrected chi connectivity index (χ1v) is 7.75. The molecule has 0 aromatic heterocycles. The van der Waals surface area contributed by atoms with Crippen molar-refractivity contribution in [3.05, 3.63) is 29.6 Å². The van der Waals surface area contributed by atoms with E-state index >= 15 is 0 Å². The number of sulfone groups is 1. The Hall–Kier alpha value is -0.900. The number of nitrogens with zero attached hydrogens (tertiary/aromatic N) is 2. The van der Waals surface area contributed by atoms with Gasteiger partial charge in [0.05, 0.1) is 11.4 Å². The molecule has 0 bridgehead atoms. The Morgan fingerprint density at radius 1 is 1.45 bits per heavy atom. The number of likely N-dealkylation sites (N-methyl/N-ethyl adjacent to an activating group) is 1. The fraction of sp³-hybridized carbons (Fsp3) is 0.417. The highest BCUT2D eigenvalue weighted by atomic mass is 127. The quantitative estimate of drug-likeness (QED) is 0.599. The number of benzene rings is 1. The molecule has 2 rings (SSSR count). The molecule has 0 saturated carbocycles. The van der Waals surface area contributed by atoms with Gasteiger partial charge in [-0.25, -0.2) is 12.8 Å². The highest BCUT2D eigenvalue weighted by molar-refractivity contribution is 14.0. The van der Waals surface area contributed by atoms with Crippen LogP contribution in [0.3, 0.4) is 0 Å². The molecule has 0 spiro atoms. The fourth-order valence-corrected chi connectivity index (χ4v) is 2.49. The van der Waals surface area contributed by atoms with E-state index in [1.807, 2.05) is 11.9 Å². The van der Waals surface area contributed by atoms with Gasteiger partial charge in [-0.1, -0.05) is 0 Å². The summed E-state index contributed by atoms with van der Waals surface area (Å²) < 4.78 is 36.5. The van der Waals surface area contributed by atoms with E-state index in [1.54, 1.807) is 0 Å². The fourth-order valence-electron chi connectivity index (χ4n) is 1.81. The minimum atomic E-state index is -3.33. The van der Waals surface area contributed by atoms with Crippen LogP contribution in [0.15, 0.2) is 28.1 Å².